The van der Waals surface area contributed by atoms with Gasteiger partial charge in [-0.05, 0) is 23.8 Å². The van der Waals surface area contributed by atoms with Gasteiger partial charge < -0.3 is 11.1 Å². The second-order valence-corrected chi connectivity index (χ2v) is 8.73. The van der Waals surface area contributed by atoms with Crippen molar-refractivity contribution in [3.8, 4) is 0 Å². The Morgan fingerprint density at radius 3 is 2.22 bits per heavy atom. The molecule has 0 spiro atoms. The largest absolute Gasteiger partial charge is 0.352 e. The molecule has 0 aliphatic heterocycles. The number of amides is 4. The van der Waals surface area contributed by atoms with Crippen molar-refractivity contribution < 1.29 is 22.8 Å². The summed E-state index contributed by atoms with van der Waals surface area (Å²) in [6.07, 6.45) is -0.177. The minimum atomic E-state index is -3.73. The summed E-state index contributed by atoms with van der Waals surface area (Å²) < 4.78 is 26.6. The van der Waals surface area contributed by atoms with Gasteiger partial charge in [0.25, 0.3) is 5.91 Å². The second-order valence-electron chi connectivity index (χ2n) is 6.80. The van der Waals surface area contributed by atoms with E-state index < -0.39 is 33.9 Å². The number of carbonyl (C=O) groups is 3. The first-order valence-corrected chi connectivity index (χ1v) is 11.4. The van der Waals surface area contributed by atoms with Gasteiger partial charge in [0, 0.05) is 18.7 Å². The number of hydrazine groups is 1. The molecule has 0 saturated heterocycles. The van der Waals surface area contributed by atoms with Crippen molar-refractivity contribution in [1.82, 2.24) is 20.5 Å². The number of rotatable bonds is 9. The predicted octanol–water partition coefficient (Wildman–Crippen LogP) is 1.28. The van der Waals surface area contributed by atoms with Crippen LogP contribution >= 0.6 is 0 Å². The van der Waals surface area contributed by atoms with Gasteiger partial charge in [0.1, 0.15) is 0 Å². The molecule has 0 saturated carbocycles. The lowest BCUT2D eigenvalue weighted by Gasteiger charge is -2.19. The van der Waals surface area contributed by atoms with Crippen molar-refractivity contribution in [1.29, 1.82) is 0 Å². The first kappa shape index (κ1) is 24.8. The van der Waals surface area contributed by atoms with Gasteiger partial charge in [-0.25, -0.2) is 13.2 Å². The Labute approximate surface area is 187 Å². The number of carbonyl (C=O) groups excluding carboxylic acids is 3. The van der Waals surface area contributed by atoms with Crippen LogP contribution in [0.4, 0.5) is 4.79 Å². The number of nitrogens with one attached hydrogen (secondary N) is 3. The molecule has 0 bridgehead atoms. The summed E-state index contributed by atoms with van der Waals surface area (Å²) in [6.45, 7) is 4.05. The van der Waals surface area contributed by atoms with Crippen LogP contribution in [-0.4, -0.2) is 43.7 Å². The van der Waals surface area contributed by atoms with Gasteiger partial charge in [-0.3, -0.25) is 20.4 Å². The molecule has 0 aliphatic rings. The lowest BCUT2D eigenvalue weighted by molar-refractivity contribution is -0.122. The monoisotopic (exact) mass is 461 g/mol. The van der Waals surface area contributed by atoms with Crippen LogP contribution in [0, 0.1) is 0 Å². The maximum absolute atomic E-state index is 12.7. The zero-order valence-corrected chi connectivity index (χ0v) is 18.7. The van der Waals surface area contributed by atoms with E-state index in [0.717, 1.165) is 0 Å². The number of hydrogen-bond donors (Lipinski definition) is 4. The second kappa shape index (κ2) is 11.3. The van der Waals surface area contributed by atoms with Crippen LogP contribution in [0.1, 0.15) is 42.2 Å². The normalized spacial score (nSPS) is 12.1. The fourth-order valence-electron chi connectivity index (χ4n) is 3.05. The quantitative estimate of drug-likeness (QED) is 0.415. The molecule has 5 N–H and O–H groups in total. The molecule has 172 valence electrons. The van der Waals surface area contributed by atoms with Gasteiger partial charge >= 0.3 is 6.03 Å². The third kappa shape index (κ3) is 6.53. The lowest BCUT2D eigenvalue weighted by atomic mass is 10.0. The van der Waals surface area contributed by atoms with Gasteiger partial charge in [-0.2, -0.15) is 4.31 Å². The first-order chi connectivity index (χ1) is 15.2. The Morgan fingerprint density at radius 1 is 0.969 bits per heavy atom. The molecule has 0 aromatic heterocycles. The molecule has 1 unspecified atom stereocenters. The van der Waals surface area contributed by atoms with E-state index in [9.17, 15) is 22.8 Å². The van der Waals surface area contributed by atoms with Crippen LogP contribution in [-0.2, 0) is 14.8 Å². The molecule has 10 nitrogen and oxygen atoms in total. The van der Waals surface area contributed by atoms with Crippen LogP contribution in [0.3, 0.4) is 0 Å². The minimum Gasteiger partial charge on any atom is -0.352 e. The van der Waals surface area contributed by atoms with Crippen molar-refractivity contribution in [3.05, 3.63) is 65.7 Å². The number of urea groups is 1. The molecule has 0 heterocycles. The Balaban J connectivity index is 2.05. The summed E-state index contributed by atoms with van der Waals surface area (Å²) in [5, 5.41) is 2.49. The highest BCUT2D eigenvalue weighted by Gasteiger charge is 2.23. The number of nitrogens with zero attached hydrogens (tertiary/aromatic N) is 1. The highest BCUT2D eigenvalue weighted by Crippen LogP contribution is 2.18. The molecular weight excluding hydrogens is 434 g/mol. The van der Waals surface area contributed by atoms with E-state index >= 15 is 0 Å². The third-order valence-electron chi connectivity index (χ3n) is 4.66. The Morgan fingerprint density at radius 2 is 1.62 bits per heavy atom. The molecule has 0 radical (unpaired) electrons. The fraction of sp³-hybridized carbons (Fsp3) is 0.286. The van der Waals surface area contributed by atoms with Gasteiger partial charge in [0.15, 0.2) is 0 Å². The zero-order valence-electron chi connectivity index (χ0n) is 17.9. The van der Waals surface area contributed by atoms with Gasteiger partial charge in [0.2, 0.25) is 15.9 Å². The summed E-state index contributed by atoms with van der Waals surface area (Å²) >= 11 is 0. The fourth-order valence-corrected chi connectivity index (χ4v) is 4.56. The van der Waals surface area contributed by atoms with Crippen LogP contribution in [0.5, 0.6) is 0 Å². The maximum Gasteiger partial charge on any atom is 0.312 e. The molecular formula is C21H27N5O5S. The molecule has 0 aliphatic carbocycles. The summed E-state index contributed by atoms with van der Waals surface area (Å²) in [5.74, 6) is -1.26. The van der Waals surface area contributed by atoms with Gasteiger partial charge in [-0.15, -0.1) is 0 Å². The van der Waals surface area contributed by atoms with E-state index in [0.29, 0.717) is 18.7 Å². The molecule has 0 fully saturated rings. The number of nitrogens with two attached hydrogens (primary N) is 1. The maximum atomic E-state index is 12.7. The van der Waals surface area contributed by atoms with Crippen LogP contribution in [0.2, 0.25) is 0 Å². The highest BCUT2D eigenvalue weighted by atomic mass is 32.2. The predicted molar refractivity (Wildman–Crippen MR) is 119 cm³/mol. The number of hydrogen-bond acceptors (Lipinski definition) is 5. The van der Waals surface area contributed by atoms with E-state index in [1.54, 1.807) is 44.2 Å². The lowest BCUT2D eigenvalue weighted by Crippen LogP contribution is -2.44. The van der Waals surface area contributed by atoms with Crippen molar-refractivity contribution in [2.75, 3.05) is 13.1 Å². The standard InChI is InChI=1S/C21H27N5O5S/c1-3-26(4-2)32(30,31)17-12-8-11-16(13-17)20(28)25-24-19(27)14-18(23-21(22)29)15-9-6-5-7-10-15/h5-13,18H,3-4,14H2,1-2H3,(H,24,27)(H,25,28)(H3,22,23,29). The third-order valence-corrected chi connectivity index (χ3v) is 6.71. The molecule has 4 amide bonds. The highest BCUT2D eigenvalue weighted by molar-refractivity contribution is 7.89. The number of benzene rings is 2. The molecule has 2 aromatic rings. The zero-order chi connectivity index (χ0) is 23.7. The molecule has 2 aromatic carbocycles. The summed E-state index contributed by atoms with van der Waals surface area (Å²) in [5.41, 5.74) is 10.4. The average molecular weight is 462 g/mol. The van der Waals surface area contributed by atoms with Crippen molar-refractivity contribution >= 4 is 27.9 Å². The van der Waals surface area contributed by atoms with Crippen molar-refractivity contribution in [2.24, 2.45) is 5.73 Å². The summed E-state index contributed by atoms with van der Waals surface area (Å²) in [6, 6.07) is 12.8. The van der Waals surface area contributed by atoms with E-state index in [1.165, 1.54) is 28.6 Å². The Hall–Kier alpha value is -3.44. The van der Waals surface area contributed by atoms with Crippen LogP contribution < -0.4 is 21.9 Å². The Bertz CT molecular complexity index is 1060. The Kier molecular flexibility index (Phi) is 8.73. The molecule has 32 heavy (non-hydrogen) atoms. The van der Waals surface area contributed by atoms with Crippen LogP contribution in [0.15, 0.2) is 59.5 Å². The van der Waals surface area contributed by atoms with E-state index in [4.69, 9.17) is 5.73 Å². The van der Waals surface area contributed by atoms with E-state index in [2.05, 4.69) is 16.2 Å². The first-order valence-electron chi connectivity index (χ1n) is 9.99. The number of primary amides is 1. The van der Waals surface area contributed by atoms with E-state index in [1.807, 2.05) is 0 Å². The minimum absolute atomic E-state index is 0.0185. The van der Waals surface area contributed by atoms with Gasteiger partial charge in [0.05, 0.1) is 17.4 Å². The van der Waals surface area contributed by atoms with Crippen LogP contribution in [0.25, 0.3) is 0 Å². The average Bonchev–Trinajstić information content (AvgIpc) is 2.78. The van der Waals surface area contributed by atoms with E-state index in [-0.39, 0.29) is 16.9 Å². The number of sulfonamides is 1. The molecule has 2 rings (SSSR count). The molecule has 11 heteroatoms. The van der Waals surface area contributed by atoms with Crippen molar-refractivity contribution in [2.45, 2.75) is 31.2 Å². The van der Waals surface area contributed by atoms with Crippen molar-refractivity contribution in [3.63, 3.8) is 0 Å². The summed E-state index contributed by atoms with van der Waals surface area (Å²) in [4.78, 5) is 36.0. The summed E-state index contributed by atoms with van der Waals surface area (Å²) in [7, 11) is -3.73. The SMILES string of the molecule is CCN(CC)S(=O)(=O)c1cccc(C(=O)NNC(=O)CC(NC(N)=O)c2ccccc2)c1. The topological polar surface area (TPSA) is 151 Å². The smallest absolute Gasteiger partial charge is 0.312 e. The van der Waals surface area contributed by atoms with Gasteiger partial charge in [-0.1, -0.05) is 50.2 Å². The molecule has 1 atom stereocenters.